The van der Waals surface area contributed by atoms with Crippen molar-refractivity contribution in [3.63, 3.8) is 0 Å². The van der Waals surface area contributed by atoms with Crippen LogP contribution in [0.1, 0.15) is 51.8 Å². The number of H-pyrrole nitrogens is 1. The monoisotopic (exact) mass is 433 g/mol. The van der Waals surface area contributed by atoms with Gasteiger partial charge in [0.2, 0.25) is 12.3 Å². The van der Waals surface area contributed by atoms with Gasteiger partial charge in [0.1, 0.15) is 10.8 Å². The standard InChI is InChI=1S/C21H31N5O3S/c1-21(2,10-18-23-11-17(25-18)20-22-7-8-30-20)13-24-19(28)9-16(12-26(29)14-27)15-5-3-4-6-15/h7-8,11,14-16,29H,3-6,9-10,12-13H2,1-2H3,(H,23,25)(H,24,28). The lowest BCUT2D eigenvalue weighted by Gasteiger charge is -2.27. The van der Waals surface area contributed by atoms with E-state index in [1.54, 1.807) is 23.7 Å². The summed E-state index contributed by atoms with van der Waals surface area (Å²) in [7, 11) is 0. The fourth-order valence-electron chi connectivity index (χ4n) is 4.17. The van der Waals surface area contributed by atoms with Crippen LogP contribution in [0.25, 0.3) is 10.7 Å². The van der Waals surface area contributed by atoms with Gasteiger partial charge in [0.25, 0.3) is 0 Å². The third-order valence-corrected chi connectivity index (χ3v) is 6.56. The van der Waals surface area contributed by atoms with Crippen LogP contribution in [0.15, 0.2) is 17.8 Å². The number of aromatic amines is 1. The van der Waals surface area contributed by atoms with Gasteiger partial charge in [0.15, 0.2) is 0 Å². The average molecular weight is 434 g/mol. The molecule has 8 nitrogen and oxygen atoms in total. The zero-order valence-corrected chi connectivity index (χ0v) is 18.5. The molecule has 2 heterocycles. The molecule has 0 bridgehead atoms. The quantitative estimate of drug-likeness (QED) is 0.286. The number of imidazole rings is 1. The Bertz CT molecular complexity index is 814. The van der Waals surface area contributed by atoms with E-state index < -0.39 is 0 Å². The van der Waals surface area contributed by atoms with Gasteiger partial charge in [-0.3, -0.25) is 14.8 Å². The van der Waals surface area contributed by atoms with Crippen molar-refractivity contribution in [3.05, 3.63) is 23.6 Å². The number of hydrogen-bond donors (Lipinski definition) is 3. The number of rotatable bonds is 11. The Balaban J connectivity index is 1.51. The van der Waals surface area contributed by atoms with Gasteiger partial charge in [-0.25, -0.2) is 15.0 Å². The number of hydroxylamine groups is 2. The Kier molecular flexibility index (Phi) is 7.60. The van der Waals surface area contributed by atoms with Crippen molar-refractivity contribution in [1.82, 2.24) is 25.3 Å². The van der Waals surface area contributed by atoms with Gasteiger partial charge in [-0.05, 0) is 17.3 Å². The zero-order chi connectivity index (χ0) is 21.6. The number of aromatic nitrogens is 3. The van der Waals surface area contributed by atoms with Crippen LogP contribution >= 0.6 is 11.3 Å². The molecule has 2 amide bonds. The molecule has 3 rings (SSSR count). The topological polar surface area (TPSA) is 111 Å². The van der Waals surface area contributed by atoms with Crippen molar-refractivity contribution in [2.45, 2.75) is 52.4 Å². The number of amides is 2. The molecule has 2 aromatic rings. The first-order chi connectivity index (χ1) is 14.4. The highest BCUT2D eigenvalue weighted by Gasteiger charge is 2.29. The van der Waals surface area contributed by atoms with Crippen LogP contribution in [0, 0.1) is 17.3 Å². The number of carbonyl (C=O) groups excluding carboxylic acids is 2. The van der Waals surface area contributed by atoms with Gasteiger partial charge in [-0.1, -0.05) is 39.5 Å². The van der Waals surface area contributed by atoms with E-state index in [9.17, 15) is 14.8 Å². The first-order valence-corrected chi connectivity index (χ1v) is 11.4. The SMILES string of the molecule is CC(C)(CNC(=O)CC(CN(O)C=O)C1CCCC1)Cc1ncc(-c2nccs2)[nH]1. The maximum absolute atomic E-state index is 12.6. The van der Waals surface area contributed by atoms with Crippen LogP contribution < -0.4 is 5.32 Å². The van der Waals surface area contributed by atoms with Crippen molar-refractivity contribution in [1.29, 1.82) is 0 Å². The summed E-state index contributed by atoms with van der Waals surface area (Å²) in [5, 5.41) is 16.2. The number of hydrogen-bond acceptors (Lipinski definition) is 6. The van der Waals surface area contributed by atoms with Crippen LogP contribution in [-0.4, -0.2) is 50.6 Å². The Hall–Kier alpha value is -2.26. The molecule has 1 aliphatic rings. The molecule has 0 radical (unpaired) electrons. The minimum atomic E-state index is -0.178. The molecule has 2 aromatic heterocycles. The van der Waals surface area contributed by atoms with Gasteiger partial charge >= 0.3 is 0 Å². The van der Waals surface area contributed by atoms with Crippen molar-refractivity contribution in [2.75, 3.05) is 13.1 Å². The maximum atomic E-state index is 12.6. The van der Waals surface area contributed by atoms with Crippen molar-refractivity contribution >= 4 is 23.7 Å². The van der Waals surface area contributed by atoms with E-state index in [0.717, 1.165) is 42.2 Å². The van der Waals surface area contributed by atoms with Crippen LogP contribution in [0.3, 0.4) is 0 Å². The Morgan fingerprint density at radius 3 is 2.87 bits per heavy atom. The smallest absolute Gasteiger partial charge is 0.233 e. The van der Waals surface area contributed by atoms with Crippen molar-refractivity contribution in [3.8, 4) is 10.7 Å². The molecule has 164 valence electrons. The minimum absolute atomic E-state index is 0.0169. The molecule has 0 aromatic carbocycles. The summed E-state index contributed by atoms with van der Waals surface area (Å²) in [5.74, 6) is 1.19. The molecule has 1 unspecified atom stereocenters. The van der Waals surface area contributed by atoms with E-state index in [-0.39, 0.29) is 23.8 Å². The Morgan fingerprint density at radius 2 is 2.20 bits per heavy atom. The predicted octanol–water partition coefficient (Wildman–Crippen LogP) is 3.26. The van der Waals surface area contributed by atoms with Crippen LogP contribution in [0.4, 0.5) is 0 Å². The summed E-state index contributed by atoms with van der Waals surface area (Å²) in [4.78, 5) is 35.5. The van der Waals surface area contributed by atoms with Crippen LogP contribution in [0.2, 0.25) is 0 Å². The second-order valence-electron chi connectivity index (χ2n) is 8.93. The number of thiazole rings is 1. The lowest BCUT2D eigenvalue weighted by atomic mass is 9.86. The first kappa shape index (κ1) is 22.4. The first-order valence-electron chi connectivity index (χ1n) is 10.5. The molecule has 9 heteroatoms. The molecule has 0 spiro atoms. The summed E-state index contributed by atoms with van der Waals surface area (Å²) in [6.07, 6.45) is 9.38. The third-order valence-electron chi connectivity index (χ3n) is 5.76. The zero-order valence-electron chi connectivity index (χ0n) is 17.6. The van der Waals surface area contributed by atoms with Crippen LogP contribution in [0.5, 0.6) is 0 Å². The normalized spacial score (nSPS) is 15.8. The molecular weight excluding hydrogens is 402 g/mol. The van der Waals surface area contributed by atoms with E-state index in [1.807, 2.05) is 5.38 Å². The Labute approximate surface area is 181 Å². The summed E-state index contributed by atoms with van der Waals surface area (Å²) >= 11 is 1.56. The highest BCUT2D eigenvalue weighted by Crippen LogP contribution is 2.33. The maximum Gasteiger partial charge on any atom is 0.233 e. The molecule has 3 N–H and O–H groups in total. The van der Waals surface area contributed by atoms with Gasteiger partial charge in [-0.15, -0.1) is 11.3 Å². The summed E-state index contributed by atoms with van der Waals surface area (Å²) in [6, 6.07) is 0. The predicted molar refractivity (Wildman–Crippen MR) is 115 cm³/mol. The second kappa shape index (κ2) is 10.2. The lowest BCUT2D eigenvalue weighted by Crippen LogP contribution is -2.38. The summed E-state index contributed by atoms with van der Waals surface area (Å²) in [5.41, 5.74) is 0.727. The van der Waals surface area contributed by atoms with Gasteiger partial charge in [0.05, 0.1) is 18.4 Å². The highest BCUT2D eigenvalue weighted by molar-refractivity contribution is 7.13. The van der Waals surface area contributed by atoms with Crippen LogP contribution in [-0.2, 0) is 16.0 Å². The largest absolute Gasteiger partial charge is 0.356 e. The summed E-state index contributed by atoms with van der Waals surface area (Å²) < 4.78 is 0. The molecule has 1 fully saturated rings. The molecule has 0 saturated heterocycles. The molecule has 0 aliphatic heterocycles. The van der Waals surface area contributed by atoms with Gasteiger partial charge < -0.3 is 10.3 Å². The van der Waals surface area contributed by atoms with Gasteiger partial charge in [-0.2, -0.15) is 0 Å². The number of carbonyl (C=O) groups is 2. The Morgan fingerprint density at radius 1 is 1.43 bits per heavy atom. The van der Waals surface area contributed by atoms with Crippen molar-refractivity contribution < 1.29 is 14.8 Å². The molecule has 30 heavy (non-hydrogen) atoms. The highest BCUT2D eigenvalue weighted by atomic mass is 32.1. The van der Waals surface area contributed by atoms with Gasteiger partial charge in [0, 0.05) is 31.0 Å². The molecular formula is C21H31N5O3S. The van der Waals surface area contributed by atoms with Crippen molar-refractivity contribution in [2.24, 2.45) is 17.3 Å². The molecule has 1 atom stereocenters. The fraction of sp³-hybridized carbons (Fsp3) is 0.619. The van der Waals surface area contributed by atoms with E-state index in [0.29, 0.717) is 36.8 Å². The summed E-state index contributed by atoms with van der Waals surface area (Å²) in [6.45, 7) is 4.91. The van der Waals surface area contributed by atoms with E-state index in [2.05, 4.69) is 34.1 Å². The minimum Gasteiger partial charge on any atom is -0.356 e. The third kappa shape index (κ3) is 6.37. The number of nitrogens with zero attached hydrogens (tertiary/aromatic N) is 3. The van der Waals surface area contributed by atoms with E-state index >= 15 is 0 Å². The molecule has 1 saturated carbocycles. The van der Waals surface area contributed by atoms with E-state index in [1.165, 1.54) is 0 Å². The lowest BCUT2D eigenvalue weighted by molar-refractivity contribution is -0.154. The average Bonchev–Trinajstić information content (AvgIpc) is 3.47. The fourth-order valence-corrected chi connectivity index (χ4v) is 4.78. The molecule has 1 aliphatic carbocycles. The number of nitrogens with one attached hydrogen (secondary N) is 2. The second-order valence-corrected chi connectivity index (χ2v) is 9.83. The van der Waals surface area contributed by atoms with E-state index in [4.69, 9.17) is 0 Å².